The number of hydrogen-bond donors (Lipinski definition) is 2. The van der Waals surface area contributed by atoms with Crippen LogP contribution in [0.2, 0.25) is 0 Å². The molecule has 1 aromatic carbocycles. The second-order valence-electron chi connectivity index (χ2n) is 6.80. The highest BCUT2D eigenvalue weighted by Gasteiger charge is 2.19. The van der Waals surface area contributed by atoms with Crippen molar-refractivity contribution < 1.29 is 18.7 Å². The third kappa shape index (κ3) is 4.28. The van der Waals surface area contributed by atoms with Gasteiger partial charge in [-0.25, -0.2) is 4.79 Å². The molecule has 11 nitrogen and oxygen atoms in total. The van der Waals surface area contributed by atoms with Crippen LogP contribution in [-0.2, 0) is 18.3 Å². The Bertz CT molecular complexity index is 1310. The third-order valence-corrected chi connectivity index (χ3v) is 5.47. The van der Waals surface area contributed by atoms with Gasteiger partial charge < -0.3 is 19.5 Å². The van der Waals surface area contributed by atoms with Crippen LogP contribution in [0.25, 0.3) is 0 Å². The second-order valence-corrected chi connectivity index (χ2v) is 7.72. The fraction of sp³-hybridized carbons (Fsp3) is 0.263. The van der Waals surface area contributed by atoms with E-state index in [4.69, 9.17) is 9.15 Å². The molecular weight excluding hydrogens is 426 g/mol. The van der Waals surface area contributed by atoms with Gasteiger partial charge in [0, 0.05) is 23.9 Å². The van der Waals surface area contributed by atoms with E-state index in [0.29, 0.717) is 28.3 Å². The number of nitrogens with zero attached hydrogens (tertiary/aromatic N) is 3. The van der Waals surface area contributed by atoms with Crippen molar-refractivity contribution in [2.24, 2.45) is 7.05 Å². The summed E-state index contributed by atoms with van der Waals surface area (Å²) in [6, 6.07) is 4.81. The van der Waals surface area contributed by atoms with Crippen molar-refractivity contribution in [2.45, 2.75) is 18.6 Å². The van der Waals surface area contributed by atoms with Gasteiger partial charge in [-0.15, -0.1) is 10.2 Å². The minimum Gasteiger partial charge on any atom is -0.482 e. The van der Waals surface area contributed by atoms with E-state index in [1.165, 1.54) is 7.05 Å². The van der Waals surface area contributed by atoms with E-state index in [-0.39, 0.29) is 41.6 Å². The molecule has 0 atom stereocenters. The molecule has 12 heteroatoms. The molecule has 31 heavy (non-hydrogen) atoms. The molecule has 3 heterocycles. The maximum absolute atomic E-state index is 12.5. The lowest BCUT2D eigenvalue weighted by Gasteiger charge is -2.18. The highest BCUT2D eigenvalue weighted by Crippen LogP contribution is 2.29. The normalized spacial score (nSPS) is 12.8. The smallest absolute Gasteiger partial charge is 0.328 e. The molecule has 1 aliphatic rings. The number of anilines is 1. The molecular formula is C19H17N5O6S. The first-order valence-electron chi connectivity index (χ1n) is 9.15. The summed E-state index contributed by atoms with van der Waals surface area (Å²) in [6.45, 7) is 1.56. The molecule has 1 amide bonds. The quantitative estimate of drug-likeness (QED) is 0.414. The van der Waals surface area contributed by atoms with Crippen molar-refractivity contribution in [1.82, 2.24) is 19.7 Å². The Labute approximate surface area is 178 Å². The highest BCUT2D eigenvalue weighted by molar-refractivity contribution is 7.99. The topological polar surface area (TPSA) is 149 Å². The number of thioether (sulfide) groups is 1. The number of nitrogens with one attached hydrogen (secondary N) is 2. The first kappa shape index (κ1) is 20.6. The fourth-order valence-corrected chi connectivity index (χ4v) is 3.64. The van der Waals surface area contributed by atoms with Gasteiger partial charge >= 0.3 is 5.69 Å². The van der Waals surface area contributed by atoms with Crippen LogP contribution in [0, 0.1) is 6.92 Å². The summed E-state index contributed by atoms with van der Waals surface area (Å²) in [5.41, 5.74) is 0.692. The maximum atomic E-state index is 12.5. The van der Waals surface area contributed by atoms with Gasteiger partial charge in [0.2, 0.25) is 5.89 Å². The zero-order valence-electron chi connectivity index (χ0n) is 16.6. The Hall–Kier alpha value is -3.67. The molecule has 0 fully saturated rings. The Balaban J connectivity index is 1.42. The summed E-state index contributed by atoms with van der Waals surface area (Å²) < 4.78 is 11.8. The number of carbonyl (C=O) groups is 2. The molecule has 0 radical (unpaired) electrons. The van der Waals surface area contributed by atoms with E-state index in [0.717, 1.165) is 16.3 Å². The Morgan fingerprint density at radius 3 is 2.87 bits per heavy atom. The number of fused-ring (bicyclic) bond motifs is 1. The van der Waals surface area contributed by atoms with Crippen molar-refractivity contribution in [3.63, 3.8) is 0 Å². The molecule has 0 spiro atoms. The summed E-state index contributed by atoms with van der Waals surface area (Å²) in [5, 5.41) is 10.6. The predicted molar refractivity (Wildman–Crippen MR) is 110 cm³/mol. The number of aromatic amines is 1. The fourth-order valence-electron chi connectivity index (χ4n) is 2.97. The lowest BCUT2D eigenvalue weighted by atomic mass is 10.1. The Morgan fingerprint density at radius 2 is 2.06 bits per heavy atom. The molecule has 2 aromatic heterocycles. The molecule has 160 valence electrons. The number of Topliss-reactive ketones (excluding diaryl/α,β-unsaturated/α-hetero) is 1. The van der Waals surface area contributed by atoms with Gasteiger partial charge in [0.05, 0.1) is 17.9 Å². The van der Waals surface area contributed by atoms with Crippen molar-refractivity contribution in [3.8, 4) is 5.75 Å². The zero-order chi connectivity index (χ0) is 22.1. The molecule has 1 aliphatic heterocycles. The van der Waals surface area contributed by atoms with Gasteiger partial charge in [-0.3, -0.25) is 19.0 Å². The number of carbonyl (C=O) groups excluding carboxylic acids is 2. The summed E-state index contributed by atoms with van der Waals surface area (Å²) in [7, 11) is 1.38. The number of ether oxygens (including phenoxy) is 1. The van der Waals surface area contributed by atoms with E-state index < -0.39 is 11.2 Å². The van der Waals surface area contributed by atoms with Gasteiger partial charge in [-0.05, 0) is 25.1 Å². The SMILES string of the molecule is Cc1[nH]c(=O)n(C)c(=O)c1Cc1nnc(SCC(=O)c2ccc3c(c2)NC(=O)CO3)o1. The highest BCUT2D eigenvalue weighted by atomic mass is 32.2. The van der Waals surface area contributed by atoms with E-state index in [1.54, 1.807) is 25.1 Å². The molecule has 0 aliphatic carbocycles. The summed E-state index contributed by atoms with van der Waals surface area (Å²) in [6.07, 6.45) is 0.0569. The van der Waals surface area contributed by atoms with Crippen LogP contribution in [0.4, 0.5) is 5.69 Å². The standard InChI is InChI=1S/C19H17N5O6S/c1-9-11(17(27)24(2)18(28)20-9)6-16-22-23-19(30-16)31-8-13(25)10-3-4-14-12(5-10)21-15(26)7-29-14/h3-5H,6-8H2,1-2H3,(H,20,28)(H,21,26). The molecule has 2 N–H and O–H groups in total. The van der Waals surface area contributed by atoms with Gasteiger partial charge in [-0.2, -0.15) is 0 Å². The number of rotatable bonds is 6. The zero-order valence-corrected chi connectivity index (χ0v) is 17.4. The lowest BCUT2D eigenvalue weighted by Crippen LogP contribution is -2.36. The van der Waals surface area contributed by atoms with Gasteiger partial charge in [0.15, 0.2) is 12.4 Å². The summed E-state index contributed by atoms with van der Waals surface area (Å²) in [4.78, 5) is 50.4. The number of aryl methyl sites for hydroxylation is 1. The number of H-pyrrole nitrogens is 1. The number of benzene rings is 1. The van der Waals surface area contributed by atoms with Crippen molar-refractivity contribution in [1.29, 1.82) is 0 Å². The number of amides is 1. The van der Waals surface area contributed by atoms with E-state index in [9.17, 15) is 19.2 Å². The molecule has 0 saturated carbocycles. The second kappa shape index (κ2) is 8.22. The lowest BCUT2D eigenvalue weighted by molar-refractivity contribution is -0.118. The third-order valence-electron chi connectivity index (χ3n) is 4.65. The molecule has 3 aromatic rings. The number of aromatic nitrogens is 4. The van der Waals surface area contributed by atoms with E-state index in [1.807, 2.05) is 0 Å². The van der Waals surface area contributed by atoms with Gasteiger partial charge in [-0.1, -0.05) is 11.8 Å². The number of ketones is 1. The summed E-state index contributed by atoms with van der Waals surface area (Å²) >= 11 is 1.06. The molecule has 4 rings (SSSR count). The predicted octanol–water partition coefficient (Wildman–Crippen LogP) is 0.662. The molecule has 0 saturated heterocycles. The van der Waals surface area contributed by atoms with Crippen LogP contribution in [-0.4, -0.2) is 43.8 Å². The van der Waals surface area contributed by atoms with E-state index in [2.05, 4.69) is 20.5 Å². The van der Waals surface area contributed by atoms with Crippen LogP contribution in [0.15, 0.2) is 37.4 Å². The van der Waals surface area contributed by atoms with Gasteiger partial charge in [0.1, 0.15) is 5.75 Å². The van der Waals surface area contributed by atoms with E-state index >= 15 is 0 Å². The van der Waals surface area contributed by atoms with Gasteiger partial charge in [0.25, 0.3) is 16.7 Å². The minimum absolute atomic E-state index is 0.0364. The first-order valence-corrected chi connectivity index (χ1v) is 10.1. The van der Waals surface area contributed by atoms with Crippen LogP contribution >= 0.6 is 11.8 Å². The van der Waals surface area contributed by atoms with Crippen LogP contribution < -0.4 is 21.3 Å². The number of hydrogen-bond acceptors (Lipinski definition) is 9. The Morgan fingerprint density at radius 1 is 1.26 bits per heavy atom. The Kier molecular flexibility index (Phi) is 5.46. The monoisotopic (exact) mass is 443 g/mol. The summed E-state index contributed by atoms with van der Waals surface area (Å²) in [5.74, 6) is 0.259. The first-order chi connectivity index (χ1) is 14.8. The average Bonchev–Trinajstić information content (AvgIpc) is 3.20. The van der Waals surface area contributed by atoms with Crippen LogP contribution in [0.3, 0.4) is 0 Å². The van der Waals surface area contributed by atoms with Crippen molar-refractivity contribution in [3.05, 3.63) is 61.7 Å². The molecule has 0 unspecified atom stereocenters. The average molecular weight is 443 g/mol. The minimum atomic E-state index is -0.500. The van der Waals surface area contributed by atoms with Crippen molar-refractivity contribution >= 4 is 29.1 Å². The maximum Gasteiger partial charge on any atom is 0.328 e. The van der Waals surface area contributed by atoms with Crippen LogP contribution in [0.1, 0.15) is 27.5 Å². The largest absolute Gasteiger partial charge is 0.482 e. The van der Waals surface area contributed by atoms with Crippen LogP contribution in [0.5, 0.6) is 5.75 Å². The molecule has 0 bridgehead atoms. The van der Waals surface area contributed by atoms with Crippen molar-refractivity contribution in [2.75, 3.05) is 17.7 Å².